The van der Waals surface area contributed by atoms with Gasteiger partial charge in [-0.3, -0.25) is 4.79 Å². The molecule has 0 aromatic carbocycles. The predicted octanol–water partition coefficient (Wildman–Crippen LogP) is 0.200. The molecule has 1 rings (SSSR count). The van der Waals surface area contributed by atoms with Gasteiger partial charge in [0, 0.05) is 20.1 Å². The maximum Gasteiger partial charge on any atom is 0.271 e. The van der Waals surface area contributed by atoms with Crippen molar-refractivity contribution >= 4 is 11.7 Å². The van der Waals surface area contributed by atoms with Crippen LogP contribution in [0.5, 0.6) is 0 Å². The number of hydrogen-bond acceptors (Lipinski definition) is 5. The summed E-state index contributed by atoms with van der Waals surface area (Å²) in [6.45, 7) is 4.87. The van der Waals surface area contributed by atoms with Crippen molar-refractivity contribution in [3.05, 3.63) is 17.8 Å². The molecule has 1 aromatic heterocycles. The highest BCUT2D eigenvalue weighted by Gasteiger charge is 2.05. The molecule has 6 nitrogen and oxygen atoms in total. The number of carbonyl (C=O) groups excluding carboxylic acids is 1. The molecule has 6 heteroatoms. The van der Waals surface area contributed by atoms with Gasteiger partial charge in [-0.2, -0.15) is 0 Å². The standard InChI is InChI=1S/C11H19N5O/c1-4-16(3)8-7-13-10-6-5-9(14-15-10)11(17)12-2/h5-6H,4,7-8H2,1-3H3,(H,12,17)(H,13,15). The maximum atomic E-state index is 11.2. The van der Waals surface area contributed by atoms with E-state index in [1.807, 2.05) is 0 Å². The smallest absolute Gasteiger partial charge is 0.271 e. The Bertz CT molecular complexity index is 351. The third-order valence-electron chi connectivity index (χ3n) is 2.46. The summed E-state index contributed by atoms with van der Waals surface area (Å²) in [5.74, 6) is 0.455. The van der Waals surface area contributed by atoms with Gasteiger partial charge >= 0.3 is 0 Å². The van der Waals surface area contributed by atoms with Crippen LogP contribution in [0.2, 0.25) is 0 Å². The first-order chi connectivity index (χ1) is 8.17. The van der Waals surface area contributed by atoms with E-state index >= 15 is 0 Å². The quantitative estimate of drug-likeness (QED) is 0.739. The van der Waals surface area contributed by atoms with Crippen molar-refractivity contribution in [1.29, 1.82) is 0 Å². The van der Waals surface area contributed by atoms with Crippen molar-refractivity contribution in [2.75, 3.05) is 39.0 Å². The summed E-state index contributed by atoms with van der Waals surface area (Å²) >= 11 is 0. The number of nitrogens with one attached hydrogen (secondary N) is 2. The minimum absolute atomic E-state index is 0.227. The van der Waals surface area contributed by atoms with E-state index in [0.29, 0.717) is 11.5 Å². The zero-order valence-corrected chi connectivity index (χ0v) is 10.5. The average Bonchev–Trinajstić information content (AvgIpc) is 2.38. The van der Waals surface area contributed by atoms with Crippen LogP contribution >= 0.6 is 0 Å². The molecule has 0 atom stereocenters. The SMILES string of the molecule is CCN(C)CCNc1ccc(C(=O)NC)nn1. The number of rotatable bonds is 6. The highest BCUT2D eigenvalue weighted by molar-refractivity contribution is 5.91. The minimum atomic E-state index is -0.227. The number of likely N-dealkylation sites (N-methyl/N-ethyl adjacent to an activating group) is 1. The first kappa shape index (κ1) is 13.4. The van der Waals surface area contributed by atoms with Crippen LogP contribution in [0.25, 0.3) is 0 Å². The Kier molecular flexibility index (Phi) is 5.35. The highest BCUT2D eigenvalue weighted by Crippen LogP contribution is 2.01. The van der Waals surface area contributed by atoms with E-state index in [0.717, 1.165) is 19.6 Å². The molecular weight excluding hydrogens is 218 g/mol. The first-order valence-electron chi connectivity index (χ1n) is 5.65. The molecule has 0 radical (unpaired) electrons. The topological polar surface area (TPSA) is 70.2 Å². The van der Waals surface area contributed by atoms with Crippen LogP contribution in [0.4, 0.5) is 5.82 Å². The van der Waals surface area contributed by atoms with Gasteiger partial charge in [-0.25, -0.2) is 0 Å². The second kappa shape index (κ2) is 6.80. The van der Waals surface area contributed by atoms with E-state index in [1.165, 1.54) is 0 Å². The molecule has 0 saturated heterocycles. The van der Waals surface area contributed by atoms with Crippen molar-refractivity contribution in [1.82, 2.24) is 20.4 Å². The summed E-state index contributed by atoms with van der Waals surface area (Å²) in [6.07, 6.45) is 0. The Labute approximate surface area is 101 Å². The molecule has 17 heavy (non-hydrogen) atoms. The number of amides is 1. The maximum absolute atomic E-state index is 11.2. The summed E-state index contributed by atoms with van der Waals surface area (Å²) in [5, 5.41) is 13.4. The lowest BCUT2D eigenvalue weighted by molar-refractivity contribution is 0.0957. The van der Waals surface area contributed by atoms with E-state index in [9.17, 15) is 4.79 Å². The molecule has 1 heterocycles. The van der Waals surface area contributed by atoms with E-state index < -0.39 is 0 Å². The van der Waals surface area contributed by atoms with Gasteiger partial charge in [-0.15, -0.1) is 10.2 Å². The van der Waals surface area contributed by atoms with E-state index in [2.05, 4.69) is 39.7 Å². The number of nitrogens with zero attached hydrogens (tertiary/aromatic N) is 3. The van der Waals surface area contributed by atoms with Crippen LogP contribution in [-0.4, -0.2) is 54.7 Å². The number of aromatic nitrogens is 2. The summed E-state index contributed by atoms with van der Waals surface area (Å²) < 4.78 is 0. The van der Waals surface area contributed by atoms with Crippen LogP contribution in [0.1, 0.15) is 17.4 Å². The molecule has 2 N–H and O–H groups in total. The van der Waals surface area contributed by atoms with Crippen molar-refractivity contribution in [2.45, 2.75) is 6.92 Å². The van der Waals surface area contributed by atoms with Gasteiger partial charge in [0.1, 0.15) is 5.82 Å². The fraction of sp³-hybridized carbons (Fsp3) is 0.545. The molecule has 0 bridgehead atoms. The lowest BCUT2D eigenvalue weighted by Crippen LogP contribution is -2.25. The van der Waals surface area contributed by atoms with Crippen LogP contribution in [0.3, 0.4) is 0 Å². The molecule has 1 amide bonds. The Morgan fingerprint density at radius 3 is 2.71 bits per heavy atom. The summed E-state index contributed by atoms with van der Waals surface area (Å²) in [7, 11) is 3.62. The molecule has 0 saturated carbocycles. The third-order valence-corrected chi connectivity index (χ3v) is 2.46. The molecule has 0 aliphatic heterocycles. The molecule has 0 unspecified atom stereocenters. The zero-order chi connectivity index (χ0) is 12.7. The van der Waals surface area contributed by atoms with Gasteiger partial charge in [0.25, 0.3) is 5.91 Å². The van der Waals surface area contributed by atoms with Gasteiger partial charge in [0.05, 0.1) is 0 Å². The number of carbonyl (C=O) groups is 1. The van der Waals surface area contributed by atoms with Gasteiger partial charge < -0.3 is 15.5 Å². The minimum Gasteiger partial charge on any atom is -0.367 e. The summed E-state index contributed by atoms with van der Waals surface area (Å²) in [4.78, 5) is 13.4. The van der Waals surface area contributed by atoms with Crippen molar-refractivity contribution in [2.24, 2.45) is 0 Å². The van der Waals surface area contributed by atoms with Crippen molar-refractivity contribution < 1.29 is 4.79 Å². The Balaban J connectivity index is 2.43. The van der Waals surface area contributed by atoms with E-state index in [1.54, 1.807) is 19.2 Å². The van der Waals surface area contributed by atoms with Gasteiger partial charge in [0.15, 0.2) is 5.69 Å². The lowest BCUT2D eigenvalue weighted by atomic mass is 10.3. The lowest BCUT2D eigenvalue weighted by Gasteiger charge is -2.13. The van der Waals surface area contributed by atoms with Gasteiger partial charge in [0.2, 0.25) is 0 Å². The monoisotopic (exact) mass is 237 g/mol. The van der Waals surface area contributed by atoms with Crippen LogP contribution in [0.15, 0.2) is 12.1 Å². The van der Waals surface area contributed by atoms with E-state index in [-0.39, 0.29) is 5.91 Å². The number of anilines is 1. The highest BCUT2D eigenvalue weighted by atomic mass is 16.1. The molecule has 0 spiro atoms. The van der Waals surface area contributed by atoms with Crippen molar-refractivity contribution in [3.8, 4) is 0 Å². The fourth-order valence-corrected chi connectivity index (χ4v) is 1.21. The average molecular weight is 237 g/mol. The van der Waals surface area contributed by atoms with Crippen LogP contribution in [-0.2, 0) is 0 Å². The molecule has 94 valence electrons. The Hall–Kier alpha value is -1.69. The normalized spacial score (nSPS) is 10.4. The Morgan fingerprint density at radius 1 is 1.41 bits per heavy atom. The zero-order valence-electron chi connectivity index (χ0n) is 10.5. The molecule has 1 aromatic rings. The third kappa shape index (κ3) is 4.36. The molecule has 0 fully saturated rings. The largest absolute Gasteiger partial charge is 0.367 e. The second-order valence-corrected chi connectivity index (χ2v) is 3.71. The first-order valence-corrected chi connectivity index (χ1v) is 5.65. The van der Waals surface area contributed by atoms with Crippen molar-refractivity contribution in [3.63, 3.8) is 0 Å². The van der Waals surface area contributed by atoms with Gasteiger partial charge in [-0.05, 0) is 25.7 Å². The summed E-state index contributed by atoms with van der Waals surface area (Å²) in [5.41, 5.74) is 0.323. The van der Waals surface area contributed by atoms with Gasteiger partial charge in [-0.1, -0.05) is 6.92 Å². The fourth-order valence-electron chi connectivity index (χ4n) is 1.21. The molecular formula is C11H19N5O. The summed E-state index contributed by atoms with van der Waals surface area (Å²) in [6, 6.07) is 3.40. The second-order valence-electron chi connectivity index (χ2n) is 3.71. The number of hydrogen-bond donors (Lipinski definition) is 2. The molecule has 0 aliphatic carbocycles. The predicted molar refractivity (Wildman–Crippen MR) is 67.1 cm³/mol. The van der Waals surface area contributed by atoms with E-state index in [4.69, 9.17) is 0 Å². The van der Waals surface area contributed by atoms with Crippen LogP contribution < -0.4 is 10.6 Å². The van der Waals surface area contributed by atoms with Crippen LogP contribution in [0, 0.1) is 0 Å². The molecule has 0 aliphatic rings. The Morgan fingerprint density at radius 2 is 2.18 bits per heavy atom.